The highest BCUT2D eigenvalue weighted by molar-refractivity contribution is 5.79. The Balaban J connectivity index is 1.74. The quantitative estimate of drug-likeness (QED) is 0.504. The highest BCUT2D eigenvalue weighted by atomic mass is 16.5. The third-order valence-electron chi connectivity index (χ3n) is 5.74. The monoisotopic (exact) mass is 324 g/mol. The van der Waals surface area contributed by atoms with Crippen molar-refractivity contribution in [3.8, 4) is 0 Å². The lowest BCUT2D eigenvalue weighted by atomic mass is 9.67. The van der Waals surface area contributed by atoms with Gasteiger partial charge >= 0.3 is 0 Å². The zero-order valence-electron chi connectivity index (χ0n) is 15.4. The molecular weight excluding hydrogens is 288 g/mol. The fourth-order valence-corrected chi connectivity index (χ4v) is 3.86. The van der Waals surface area contributed by atoms with E-state index in [9.17, 15) is 0 Å². The molecule has 5 nitrogen and oxygen atoms in total. The van der Waals surface area contributed by atoms with Gasteiger partial charge in [0, 0.05) is 39.9 Å². The van der Waals surface area contributed by atoms with Gasteiger partial charge in [0.05, 0.1) is 0 Å². The molecular formula is C18H36N4O. The molecule has 1 saturated heterocycles. The molecule has 1 heterocycles. The lowest BCUT2D eigenvalue weighted by Crippen LogP contribution is -2.50. The van der Waals surface area contributed by atoms with Gasteiger partial charge in [-0.15, -0.1) is 0 Å². The maximum absolute atomic E-state index is 5.28. The van der Waals surface area contributed by atoms with Crippen LogP contribution >= 0.6 is 0 Å². The van der Waals surface area contributed by atoms with Crippen molar-refractivity contribution in [3.05, 3.63) is 0 Å². The van der Waals surface area contributed by atoms with E-state index in [0.29, 0.717) is 11.5 Å². The zero-order chi connectivity index (χ0) is 16.5. The second kappa shape index (κ2) is 9.48. The van der Waals surface area contributed by atoms with Gasteiger partial charge in [-0.2, -0.15) is 0 Å². The van der Waals surface area contributed by atoms with Gasteiger partial charge in [0.25, 0.3) is 0 Å². The second-order valence-corrected chi connectivity index (χ2v) is 7.21. The molecule has 1 saturated carbocycles. The minimum atomic E-state index is 0.423. The predicted octanol–water partition coefficient (Wildman–Crippen LogP) is 2.23. The molecule has 5 heteroatoms. The molecule has 0 spiro atoms. The molecule has 1 aliphatic carbocycles. The van der Waals surface area contributed by atoms with Crippen molar-refractivity contribution in [3.63, 3.8) is 0 Å². The van der Waals surface area contributed by atoms with E-state index in [2.05, 4.69) is 27.4 Å². The average molecular weight is 325 g/mol. The number of aliphatic imine (C=N–C) groups is 1. The van der Waals surface area contributed by atoms with Crippen molar-refractivity contribution in [1.29, 1.82) is 0 Å². The Hall–Kier alpha value is -0.810. The first-order chi connectivity index (χ1) is 11.2. The van der Waals surface area contributed by atoms with Crippen LogP contribution in [0.4, 0.5) is 0 Å². The summed E-state index contributed by atoms with van der Waals surface area (Å²) >= 11 is 0. The molecule has 0 aromatic rings. The molecule has 0 radical (unpaired) electrons. The molecule has 1 unspecified atom stereocenters. The van der Waals surface area contributed by atoms with Crippen molar-refractivity contribution >= 4 is 5.96 Å². The lowest BCUT2D eigenvalue weighted by molar-refractivity contribution is 0.0732. The molecule has 2 rings (SSSR count). The number of rotatable bonds is 9. The minimum Gasteiger partial charge on any atom is -0.385 e. The molecule has 2 N–H and O–H groups in total. The summed E-state index contributed by atoms with van der Waals surface area (Å²) in [6, 6.07) is 0.627. The third kappa shape index (κ3) is 5.35. The van der Waals surface area contributed by atoms with Crippen molar-refractivity contribution in [2.75, 3.05) is 46.9 Å². The fraction of sp³-hybridized carbons (Fsp3) is 0.944. The van der Waals surface area contributed by atoms with Crippen LogP contribution < -0.4 is 10.6 Å². The number of hydrogen-bond acceptors (Lipinski definition) is 3. The van der Waals surface area contributed by atoms with Gasteiger partial charge < -0.3 is 15.4 Å². The molecule has 2 fully saturated rings. The molecule has 0 bridgehead atoms. The number of likely N-dealkylation sites (tertiary alicyclic amines) is 1. The minimum absolute atomic E-state index is 0.423. The SMILES string of the molecule is CCC(CNC(=NC)NCC1(CCOC)CCC1)N1CCCC1. The largest absolute Gasteiger partial charge is 0.385 e. The van der Waals surface area contributed by atoms with Crippen LogP contribution in [-0.4, -0.2) is 63.8 Å². The van der Waals surface area contributed by atoms with Gasteiger partial charge in [-0.25, -0.2) is 0 Å². The van der Waals surface area contributed by atoms with E-state index in [0.717, 1.165) is 32.1 Å². The normalized spacial score (nSPS) is 22.7. The average Bonchev–Trinajstić information content (AvgIpc) is 3.06. The van der Waals surface area contributed by atoms with E-state index in [1.165, 1.54) is 51.6 Å². The van der Waals surface area contributed by atoms with Crippen LogP contribution in [-0.2, 0) is 4.74 Å². The van der Waals surface area contributed by atoms with Gasteiger partial charge in [-0.1, -0.05) is 13.3 Å². The maximum Gasteiger partial charge on any atom is 0.191 e. The molecule has 134 valence electrons. The summed E-state index contributed by atoms with van der Waals surface area (Å²) in [5, 5.41) is 7.10. The second-order valence-electron chi connectivity index (χ2n) is 7.21. The van der Waals surface area contributed by atoms with E-state index in [1.54, 1.807) is 7.11 Å². The molecule has 0 amide bonds. The molecule has 1 atom stereocenters. The third-order valence-corrected chi connectivity index (χ3v) is 5.74. The van der Waals surface area contributed by atoms with E-state index in [4.69, 9.17) is 4.74 Å². The lowest BCUT2D eigenvalue weighted by Gasteiger charge is -2.42. The van der Waals surface area contributed by atoms with Gasteiger partial charge in [-0.05, 0) is 57.0 Å². The predicted molar refractivity (Wildman–Crippen MR) is 97.0 cm³/mol. The van der Waals surface area contributed by atoms with Crippen LogP contribution in [0.25, 0.3) is 0 Å². The summed E-state index contributed by atoms with van der Waals surface area (Å²) < 4.78 is 5.28. The van der Waals surface area contributed by atoms with Crippen LogP contribution in [0, 0.1) is 5.41 Å². The number of hydrogen-bond donors (Lipinski definition) is 2. The molecule has 23 heavy (non-hydrogen) atoms. The first kappa shape index (κ1) is 18.5. The number of ether oxygens (including phenoxy) is 1. The topological polar surface area (TPSA) is 48.9 Å². The summed E-state index contributed by atoms with van der Waals surface area (Å²) in [5.74, 6) is 0.950. The Morgan fingerprint density at radius 3 is 2.48 bits per heavy atom. The van der Waals surface area contributed by atoms with Crippen molar-refractivity contribution in [1.82, 2.24) is 15.5 Å². The van der Waals surface area contributed by atoms with Crippen LogP contribution in [0.5, 0.6) is 0 Å². The Kier molecular flexibility index (Phi) is 7.63. The standard InChI is InChI=1S/C18H36N4O/c1-4-16(22-11-5-6-12-22)14-20-17(19-2)21-15-18(8-7-9-18)10-13-23-3/h16H,4-15H2,1-3H3,(H2,19,20,21). The van der Waals surface area contributed by atoms with E-state index >= 15 is 0 Å². The molecule has 1 aliphatic heterocycles. The zero-order valence-corrected chi connectivity index (χ0v) is 15.4. The van der Waals surface area contributed by atoms with Gasteiger partial charge in [0.1, 0.15) is 0 Å². The van der Waals surface area contributed by atoms with Crippen LogP contribution in [0.15, 0.2) is 4.99 Å². The Labute approximate surface area is 142 Å². The maximum atomic E-state index is 5.28. The van der Waals surface area contributed by atoms with Gasteiger partial charge in [-0.3, -0.25) is 9.89 Å². The summed E-state index contributed by atoms with van der Waals surface area (Å²) in [6.45, 7) is 7.66. The Morgan fingerprint density at radius 2 is 1.96 bits per heavy atom. The van der Waals surface area contributed by atoms with E-state index in [-0.39, 0.29) is 0 Å². The summed E-state index contributed by atoms with van der Waals surface area (Å²) in [5.41, 5.74) is 0.423. The van der Waals surface area contributed by atoms with Crippen molar-refractivity contribution in [2.45, 2.75) is 57.9 Å². The Morgan fingerprint density at radius 1 is 1.22 bits per heavy atom. The van der Waals surface area contributed by atoms with Crippen LogP contribution in [0.1, 0.15) is 51.9 Å². The highest BCUT2D eigenvalue weighted by Gasteiger charge is 2.36. The number of nitrogens with zero attached hydrogens (tertiary/aromatic N) is 2. The highest BCUT2D eigenvalue weighted by Crippen LogP contribution is 2.43. The smallest absolute Gasteiger partial charge is 0.191 e. The first-order valence-electron chi connectivity index (χ1n) is 9.40. The fourth-order valence-electron chi connectivity index (χ4n) is 3.86. The number of methoxy groups -OCH3 is 1. The summed E-state index contributed by atoms with van der Waals surface area (Å²) in [7, 11) is 3.66. The number of guanidine groups is 1. The van der Waals surface area contributed by atoms with Gasteiger partial charge in [0.15, 0.2) is 5.96 Å². The van der Waals surface area contributed by atoms with Crippen LogP contribution in [0.3, 0.4) is 0 Å². The van der Waals surface area contributed by atoms with Crippen LogP contribution in [0.2, 0.25) is 0 Å². The van der Waals surface area contributed by atoms with Gasteiger partial charge in [0.2, 0.25) is 0 Å². The molecule has 0 aromatic heterocycles. The van der Waals surface area contributed by atoms with E-state index < -0.39 is 0 Å². The Bertz CT molecular complexity index is 362. The molecule has 0 aromatic carbocycles. The molecule has 2 aliphatic rings. The van der Waals surface area contributed by atoms with E-state index in [1.807, 2.05) is 7.05 Å². The number of nitrogens with one attached hydrogen (secondary N) is 2. The van der Waals surface area contributed by atoms with Crippen molar-refractivity contribution < 1.29 is 4.74 Å². The summed E-state index contributed by atoms with van der Waals surface area (Å²) in [4.78, 5) is 7.02. The summed E-state index contributed by atoms with van der Waals surface area (Å²) in [6.07, 6.45) is 9.03. The first-order valence-corrected chi connectivity index (χ1v) is 9.40. The van der Waals surface area contributed by atoms with Crippen molar-refractivity contribution in [2.24, 2.45) is 10.4 Å².